The third-order valence-electron chi connectivity index (χ3n) is 5.62. The monoisotopic (exact) mass is 394 g/mol. The quantitative estimate of drug-likeness (QED) is 0.688. The normalized spacial score (nSPS) is 15.0. The molecule has 0 aliphatic carbocycles. The average molecular weight is 394 g/mol. The van der Waals surface area contributed by atoms with E-state index < -0.39 is 0 Å². The van der Waals surface area contributed by atoms with E-state index in [2.05, 4.69) is 21.7 Å². The molecule has 0 bridgehead atoms. The maximum absolute atomic E-state index is 14.3. The van der Waals surface area contributed by atoms with Crippen molar-refractivity contribution in [2.24, 2.45) is 5.92 Å². The van der Waals surface area contributed by atoms with Crippen molar-refractivity contribution in [3.8, 4) is 0 Å². The van der Waals surface area contributed by atoms with Gasteiger partial charge in [-0.3, -0.25) is 4.79 Å². The lowest BCUT2D eigenvalue weighted by molar-refractivity contribution is -0.125. The van der Waals surface area contributed by atoms with Crippen LogP contribution in [0.15, 0.2) is 48.5 Å². The smallest absolute Gasteiger partial charge is 0.223 e. The molecule has 152 valence electrons. The molecule has 0 radical (unpaired) electrons. The second-order valence-electron chi connectivity index (χ2n) is 7.63. The maximum atomic E-state index is 14.3. The van der Waals surface area contributed by atoms with Crippen LogP contribution in [0.1, 0.15) is 31.7 Å². The predicted molar refractivity (Wildman–Crippen MR) is 113 cm³/mol. The van der Waals surface area contributed by atoms with E-state index in [-0.39, 0.29) is 17.6 Å². The van der Waals surface area contributed by atoms with Crippen LogP contribution in [-0.2, 0) is 11.3 Å². The summed E-state index contributed by atoms with van der Waals surface area (Å²) in [6, 6.07) is 14.8. The van der Waals surface area contributed by atoms with Gasteiger partial charge >= 0.3 is 0 Å². The standard InChI is InChI=1S/C23H27FN4O/c1-2-13-25-22(29)17-11-14-27(15-12-17)23-26-20-9-5-6-10-21(20)28(23)16-18-7-3-4-8-19(18)24/h3-10,17H,2,11-16H2,1H3,(H,25,29). The molecule has 3 aromatic rings. The molecule has 2 aromatic carbocycles. The van der Waals surface area contributed by atoms with Crippen molar-refractivity contribution in [1.82, 2.24) is 14.9 Å². The minimum Gasteiger partial charge on any atom is -0.356 e. The van der Waals surface area contributed by atoms with Crippen molar-refractivity contribution in [3.63, 3.8) is 0 Å². The summed E-state index contributed by atoms with van der Waals surface area (Å²) in [4.78, 5) is 19.4. The Bertz CT molecular complexity index is 991. The second kappa shape index (κ2) is 8.64. The zero-order valence-corrected chi connectivity index (χ0v) is 16.8. The van der Waals surface area contributed by atoms with Gasteiger partial charge in [-0.2, -0.15) is 0 Å². The fourth-order valence-electron chi connectivity index (χ4n) is 3.99. The van der Waals surface area contributed by atoms with E-state index in [0.717, 1.165) is 55.9 Å². The summed E-state index contributed by atoms with van der Waals surface area (Å²) >= 11 is 0. The van der Waals surface area contributed by atoms with Crippen LogP contribution >= 0.6 is 0 Å². The number of halogens is 1. The topological polar surface area (TPSA) is 50.2 Å². The van der Waals surface area contributed by atoms with Crippen LogP contribution in [0.4, 0.5) is 10.3 Å². The highest BCUT2D eigenvalue weighted by Crippen LogP contribution is 2.28. The van der Waals surface area contributed by atoms with Gasteiger partial charge in [-0.15, -0.1) is 0 Å². The number of hydrogen-bond acceptors (Lipinski definition) is 3. The molecule has 1 aromatic heterocycles. The molecule has 1 fully saturated rings. The summed E-state index contributed by atoms with van der Waals surface area (Å²) < 4.78 is 16.4. The van der Waals surface area contributed by atoms with Crippen LogP contribution in [0.3, 0.4) is 0 Å². The first kappa shape index (κ1) is 19.4. The highest BCUT2D eigenvalue weighted by atomic mass is 19.1. The summed E-state index contributed by atoms with van der Waals surface area (Å²) in [7, 11) is 0. The number of nitrogens with one attached hydrogen (secondary N) is 1. The number of amides is 1. The Morgan fingerprint density at radius 2 is 1.86 bits per heavy atom. The molecule has 29 heavy (non-hydrogen) atoms. The summed E-state index contributed by atoms with van der Waals surface area (Å²) in [6.07, 6.45) is 2.56. The Morgan fingerprint density at radius 3 is 2.62 bits per heavy atom. The summed E-state index contributed by atoms with van der Waals surface area (Å²) in [5, 5.41) is 3.01. The van der Waals surface area contributed by atoms with Gasteiger partial charge in [-0.25, -0.2) is 9.37 Å². The Kier molecular flexibility index (Phi) is 5.79. The number of piperidine rings is 1. The lowest BCUT2D eigenvalue weighted by atomic mass is 9.96. The van der Waals surface area contributed by atoms with E-state index in [0.29, 0.717) is 12.1 Å². The Labute approximate surface area is 170 Å². The average Bonchev–Trinajstić information content (AvgIpc) is 3.12. The predicted octanol–water partition coefficient (Wildman–Crippen LogP) is 3.97. The highest BCUT2D eigenvalue weighted by molar-refractivity contribution is 5.80. The molecule has 5 nitrogen and oxygen atoms in total. The Balaban J connectivity index is 1.58. The molecule has 4 rings (SSSR count). The van der Waals surface area contributed by atoms with Gasteiger partial charge in [0.2, 0.25) is 11.9 Å². The van der Waals surface area contributed by atoms with Crippen molar-refractivity contribution in [3.05, 3.63) is 59.9 Å². The van der Waals surface area contributed by atoms with Gasteiger partial charge < -0.3 is 14.8 Å². The van der Waals surface area contributed by atoms with E-state index in [1.54, 1.807) is 6.07 Å². The van der Waals surface area contributed by atoms with Crippen molar-refractivity contribution >= 4 is 22.9 Å². The first-order valence-corrected chi connectivity index (χ1v) is 10.4. The number of benzene rings is 2. The van der Waals surface area contributed by atoms with E-state index in [1.807, 2.05) is 36.4 Å². The van der Waals surface area contributed by atoms with Crippen LogP contribution < -0.4 is 10.2 Å². The zero-order valence-electron chi connectivity index (χ0n) is 16.8. The molecule has 2 heterocycles. The fraction of sp³-hybridized carbons (Fsp3) is 0.391. The largest absolute Gasteiger partial charge is 0.356 e. The number of carbonyl (C=O) groups excluding carboxylic acids is 1. The molecule has 0 spiro atoms. The van der Waals surface area contributed by atoms with Gasteiger partial charge in [0, 0.05) is 31.1 Å². The molecular weight excluding hydrogens is 367 g/mol. The third kappa shape index (κ3) is 4.11. The van der Waals surface area contributed by atoms with Crippen molar-refractivity contribution in [2.45, 2.75) is 32.7 Å². The lowest BCUT2D eigenvalue weighted by Crippen LogP contribution is -2.41. The minimum absolute atomic E-state index is 0.0576. The van der Waals surface area contributed by atoms with Gasteiger partial charge in [0.05, 0.1) is 17.6 Å². The van der Waals surface area contributed by atoms with Crippen LogP contribution in [-0.4, -0.2) is 35.1 Å². The Morgan fingerprint density at radius 1 is 1.14 bits per heavy atom. The van der Waals surface area contributed by atoms with Gasteiger partial charge in [-0.05, 0) is 37.5 Å². The SMILES string of the molecule is CCCNC(=O)C1CCN(c2nc3ccccc3n2Cc2ccccc2F)CC1. The molecule has 1 N–H and O–H groups in total. The number of nitrogens with zero attached hydrogens (tertiary/aromatic N) is 3. The number of anilines is 1. The van der Waals surface area contributed by atoms with Gasteiger partial charge in [0.25, 0.3) is 0 Å². The van der Waals surface area contributed by atoms with E-state index >= 15 is 0 Å². The number of fused-ring (bicyclic) bond motifs is 1. The molecule has 0 atom stereocenters. The first-order chi connectivity index (χ1) is 14.2. The van der Waals surface area contributed by atoms with Crippen LogP contribution in [0.25, 0.3) is 11.0 Å². The molecule has 6 heteroatoms. The molecule has 1 saturated heterocycles. The van der Waals surface area contributed by atoms with Gasteiger partial charge in [0.1, 0.15) is 5.82 Å². The van der Waals surface area contributed by atoms with E-state index in [9.17, 15) is 9.18 Å². The maximum Gasteiger partial charge on any atom is 0.223 e. The molecule has 1 amide bonds. The molecule has 1 aliphatic heterocycles. The molecule has 0 unspecified atom stereocenters. The van der Waals surface area contributed by atoms with E-state index in [1.165, 1.54) is 6.07 Å². The Hall–Kier alpha value is -2.89. The van der Waals surface area contributed by atoms with Crippen molar-refractivity contribution in [1.29, 1.82) is 0 Å². The third-order valence-corrected chi connectivity index (χ3v) is 5.62. The first-order valence-electron chi connectivity index (χ1n) is 10.4. The van der Waals surface area contributed by atoms with Gasteiger partial charge in [-0.1, -0.05) is 37.3 Å². The molecule has 0 saturated carbocycles. The van der Waals surface area contributed by atoms with Crippen molar-refractivity contribution in [2.75, 3.05) is 24.5 Å². The lowest BCUT2D eigenvalue weighted by Gasteiger charge is -2.32. The van der Waals surface area contributed by atoms with Crippen LogP contribution in [0, 0.1) is 11.7 Å². The van der Waals surface area contributed by atoms with E-state index in [4.69, 9.17) is 4.98 Å². The van der Waals surface area contributed by atoms with Crippen LogP contribution in [0.5, 0.6) is 0 Å². The number of imidazole rings is 1. The summed E-state index contributed by atoms with van der Waals surface area (Å²) in [5.74, 6) is 0.859. The molecular formula is C23H27FN4O. The number of carbonyl (C=O) groups is 1. The number of aromatic nitrogens is 2. The highest BCUT2D eigenvalue weighted by Gasteiger charge is 2.27. The number of para-hydroxylation sites is 2. The second-order valence-corrected chi connectivity index (χ2v) is 7.63. The zero-order chi connectivity index (χ0) is 20.2. The van der Waals surface area contributed by atoms with Crippen LogP contribution in [0.2, 0.25) is 0 Å². The van der Waals surface area contributed by atoms with Crippen molar-refractivity contribution < 1.29 is 9.18 Å². The fourth-order valence-corrected chi connectivity index (χ4v) is 3.99. The summed E-state index contributed by atoms with van der Waals surface area (Å²) in [6.45, 7) is 4.76. The number of hydrogen-bond donors (Lipinski definition) is 1. The minimum atomic E-state index is -0.206. The summed E-state index contributed by atoms with van der Waals surface area (Å²) in [5.41, 5.74) is 2.54. The number of rotatable bonds is 6. The van der Waals surface area contributed by atoms with Gasteiger partial charge in [0.15, 0.2) is 0 Å². The molecule has 1 aliphatic rings.